The van der Waals surface area contributed by atoms with Crippen LogP contribution in [0.25, 0.3) is 0 Å². The third kappa shape index (κ3) is 4.72. The molecule has 3 rings (SSSR count). The molecular weight excluding hydrogens is 428 g/mol. The van der Waals surface area contributed by atoms with Crippen LogP contribution in [-0.4, -0.2) is 60.5 Å². The summed E-state index contributed by atoms with van der Waals surface area (Å²) in [7, 11) is -3.84. The van der Waals surface area contributed by atoms with E-state index in [-0.39, 0.29) is 16.1 Å². The number of halogens is 1. The second kappa shape index (κ2) is 8.60. The van der Waals surface area contributed by atoms with E-state index in [9.17, 15) is 18.3 Å². The molecule has 1 aliphatic rings. The van der Waals surface area contributed by atoms with Crippen LogP contribution in [0.3, 0.4) is 0 Å². The summed E-state index contributed by atoms with van der Waals surface area (Å²) in [5.74, 6) is 0. The van der Waals surface area contributed by atoms with Crippen LogP contribution in [0.5, 0.6) is 0 Å². The summed E-state index contributed by atoms with van der Waals surface area (Å²) < 4.78 is 32.9. The first-order valence-electron chi connectivity index (χ1n) is 8.45. The van der Waals surface area contributed by atoms with E-state index in [2.05, 4.69) is 14.9 Å². The number of carbonyl (C=O) groups is 1. The molecule has 1 amide bonds. The highest BCUT2D eigenvalue weighted by Crippen LogP contribution is 2.26. The van der Waals surface area contributed by atoms with Gasteiger partial charge in [-0.25, -0.2) is 13.2 Å². The van der Waals surface area contributed by atoms with E-state index >= 15 is 0 Å². The van der Waals surface area contributed by atoms with Gasteiger partial charge in [-0.2, -0.15) is 0 Å². The SMILES string of the molecule is Cc1c(Cl)cccc1S(=O)(=O)Nc1nnc(CCC2COCCN2C(=O)O)s1. The molecule has 0 bridgehead atoms. The molecule has 0 radical (unpaired) electrons. The molecule has 1 atom stereocenters. The first-order chi connectivity index (χ1) is 13.3. The summed E-state index contributed by atoms with van der Waals surface area (Å²) in [5.41, 5.74) is 0.451. The number of nitrogens with zero attached hydrogens (tertiary/aromatic N) is 3. The Bertz CT molecular complexity index is 966. The third-order valence-corrected chi connectivity index (χ3v) is 7.28. The van der Waals surface area contributed by atoms with Gasteiger partial charge in [-0.05, 0) is 31.0 Å². The molecule has 1 aliphatic heterocycles. The number of benzene rings is 1. The number of nitrogens with one attached hydrogen (secondary N) is 1. The van der Waals surface area contributed by atoms with Gasteiger partial charge in [-0.1, -0.05) is 29.0 Å². The van der Waals surface area contributed by atoms with E-state index < -0.39 is 16.1 Å². The number of morpholine rings is 1. The lowest BCUT2D eigenvalue weighted by atomic mass is 10.1. The van der Waals surface area contributed by atoms with Crippen molar-refractivity contribution in [3.63, 3.8) is 0 Å². The predicted molar refractivity (Wildman–Crippen MR) is 105 cm³/mol. The first-order valence-corrected chi connectivity index (χ1v) is 11.1. The van der Waals surface area contributed by atoms with E-state index in [1.165, 1.54) is 11.0 Å². The van der Waals surface area contributed by atoms with Crippen molar-refractivity contribution >= 4 is 44.2 Å². The molecule has 12 heteroatoms. The summed E-state index contributed by atoms with van der Waals surface area (Å²) >= 11 is 7.11. The number of sulfonamides is 1. The summed E-state index contributed by atoms with van der Waals surface area (Å²) in [6.45, 7) is 2.68. The maximum absolute atomic E-state index is 12.6. The Labute approximate surface area is 171 Å². The minimum Gasteiger partial charge on any atom is -0.465 e. The molecule has 0 aliphatic carbocycles. The van der Waals surface area contributed by atoms with Crippen LogP contribution < -0.4 is 4.72 Å². The summed E-state index contributed by atoms with van der Waals surface area (Å²) in [6, 6.07) is 4.39. The second-order valence-electron chi connectivity index (χ2n) is 6.21. The van der Waals surface area contributed by atoms with Crippen molar-refractivity contribution in [3.05, 3.63) is 33.8 Å². The molecule has 1 fully saturated rings. The zero-order valence-electron chi connectivity index (χ0n) is 15.0. The first kappa shape index (κ1) is 20.8. The fraction of sp³-hybridized carbons (Fsp3) is 0.438. The fourth-order valence-electron chi connectivity index (χ4n) is 2.88. The van der Waals surface area contributed by atoms with Crippen LogP contribution in [0, 0.1) is 6.92 Å². The molecular formula is C16H19ClN4O5S2. The predicted octanol–water partition coefficient (Wildman–Crippen LogP) is 2.61. The van der Waals surface area contributed by atoms with Gasteiger partial charge in [-0.15, -0.1) is 10.2 Å². The van der Waals surface area contributed by atoms with Crippen molar-refractivity contribution in [2.24, 2.45) is 0 Å². The number of anilines is 1. The highest BCUT2D eigenvalue weighted by molar-refractivity contribution is 7.93. The Hall–Kier alpha value is -1.95. The topological polar surface area (TPSA) is 122 Å². The Kier molecular flexibility index (Phi) is 6.38. The van der Waals surface area contributed by atoms with E-state index in [4.69, 9.17) is 16.3 Å². The Morgan fingerprint density at radius 3 is 3.00 bits per heavy atom. The van der Waals surface area contributed by atoms with Crippen molar-refractivity contribution < 1.29 is 23.1 Å². The smallest absolute Gasteiger partial charge is 0.407 e. The van der Waals surface area contributed by atoms with Gasteiger partial charge >= 0.3 is 6.09 Å². The molecule has 1 unspecified atom stereocenters. The molecule has 0 saturated carbocycles. The zero-order chi connectivity index (χ0) is 20.3. The lowest BCUT2D eigenvalue weighted by Gasteiger charge is -2.33. The average Bonchev–Trinajstić information content (AvgIpc) is 3.08. The molecule has 2 aromatic rings. The number of ether oxygens (including phenoxy) is 1. The van der Waals surface area contributed by atoms with Gasteiger partial charge < -0.3 is 14.7 Å². The maximum Gasteiger partial charge on any atom is 0.407 e. The van der Waals surface area contributed by atoms with Crippen LogP contribution in [-0.2, 0) is 21.2 Å². The summed E-state index contributed by atoms with van der Waals surface area (Å²) in [6.07, 6.45) is 0.00462. The quantitative estimate of drug-likeness (QED) is 0.699. The van der Waals surface area contributed by atoms with Crippen molar-refractivity contribution in [2.45, 2.75) is 30.7 Å². The van der Waals surface area contributed by atoms with Crippen molar-refractivity contribution in [3.8, 4) is 0 Å². The third-order valence-electron chi connectivity index (χ3n) is 4.36. The number of hydrogen-bond donors (Lipinski definition) is 2. The normalized spacial score (nSPS) is 17.5. The van der Waals surface area contributed by atoms with Crippen molar-refractivity contribution in [1.82, 2.24) is 15.1 Å². The number of aryl methyl sites for hydroxylation is 1. The monoisotopic (exact) mass is 446 g/mol. The molecule has 2 heterocycles. The zero-order valence-corrected chi connectivity index (χ0v) is 17.4. The number of carboxylic acid groups (broad SMARTS) is 1. The van der Waals surface area contributed by atoms with E-state index in [0.29, 0.717) is 48.2 Å². The molecule has 1 saturated heterocycles. The average molecular weight is 447 g/mol. The molecule has 152 valence electrons. The second-order valence-corrected chi connectivity index (χ2v) is 9.33. The lowest BCUT2D eigenvalue weighted by Crippen LogP contribution is -2.48. The molecule has 0 spiro atoms. The van der Waals surface area contributed by atoms with Crippen LogP contribution in [0.15, 0.2) is 23.1 Å². The van der Waals surface area contributed by atoms with Crippen LogP contribution in [0.1, 0.15) is 17.0 Å². The van der Waals surface area contributed by atoms with Gasteiger partial charge in [0.25, 0.3) is 10.0 Å². The minimum absolute atomic E-state index is 0.0770. The summed E-state index contributed by atoms with van der Waals surface area (Å²) in [5, 5.41) is 18.2. The Balaban J connectivity index is 1.65. The number of hydrogen-bond acceptors (Lipinski definition) is 7. The standard InChI is InChI=1S/C16H19ClN4O5S2/c1-10-12(17)3-2-4-13(10)28(24,25)20-15-19-18-14(27-15)6-5-11-9-26-8-7-21(11)16(22)23/h2-4,11H,5-9H2,1H3,(H,19,20)(H,22,23). The number of aromatic nitrogens is 2. The highest BCUT2D eigenvalue weighted by Gasteiger charge is 2.27. The molecule has 9 nitrogen and oxygen atoms in total. The van der Waals surface area contributed by atoms with Crippen LogP contribution in [0.2, 0.25) is 5.02 Å². The molecule has 2 N–H and O–H groups in total. The summed E-state index contributed by atoms with van der Waals surface area (Å²) in [4.78, 5) is 12.7. The Morgan fingerprint density at radius 2 is 2.25 bits per heavy atom. The van der Waals surface area contributed by atoms with Gasteiger partial charge in [0.15, 0.2) is 0 Å². The van der Waals surface area contributed by atoms with Crippen LogP contribution in [0.4, 0.5) is 9.93 Å². The van der Waals surface area contributed by atoms with Gasteiger partial charge in [0.1, 0.15) is 5.01 Å². The number of rotatable bonds is 6. The van der Waals surface area contributed by atoms with E-state index in [1.54, 1.807) is 19.1 Å². The van der Waals surface area contributed by atoms with Gasteiger partial charge in [0.2, 0.25) is 5.13 Å². The van der Waals surface area contributed by atoms with E-state index in [1.807, 2.05) is 0 Å². The molecule has 1 aromatic heterocycles. The fourth-order valence-corrected chi connectivity index (χ4v) is 5.36. The lowest BCUT2D eigenvalue weighted by molar-refractivity contribution is -0.00250. The number of amides is 1. The van der Waals surface area contributed by atoms with Crippen LogP contribution >= 0.6 is 22.9 Å². The molecule has 1 aromatic carbocycles. The largest absolute Gasteiger partial charge is 0.465 e. The maximum atomic E-state index is 12.6. The van der Waals surface area contributed by atoms with Gasteiger partial charge in [0, 0.05) is 18.0 Å². The molecule has 28 heavy (non-hydrogen) atoms. The van der Waals surface area contributed by atoms with Gasteiger partial charge in [-0.3, -0.25) is 4.72 Å². The van der Waals surface area contributed by atoms with Crippen molar-refractivity contribution in [1.29, 1.82) is 0 Å². The van der Waals surface area contributed by atoms with E-state index in [0.717, 1.165) is 11.3 Å². The van der Waals surface area contributed by atoms with Crippen molar-refractivity contribution in [2.75, 3.05) is 24.5 Å². The van der Waals surface area contributed by atoms with Gasteiger partial charge in [0.05, 0.1) is 24.2 Å². The Morgan fingerprint density at radius 1 is 1.46 bits per heavy atom. The minimum atomic E-state index is -3.84. The highest BCUT2D eigenvalue weighted by atomic mass is 35.5.